The fraction of sp³-hybridized carbons (Fsp3) is 0.619. The maximum Gasteiger partial charge on any atom is 0.303 e. The van der Waals surface area contributed by atoms with Crippen molar-refractivity contribution in [1.29, 1.82) is 0 Å². The fourth-order valence-corrected chi connectivity index (χ4v) is 3.85. The number of hydrogen-bond donors (Lipinski definition) is 2. The van der Waals surface area contributed by atoms with Crippen LogP contribution < -0.4 is 19.5 Å². The summed E-state index contributed by atoms with van der Waals surface area (Å²) < 4.78 is 15.9. The van der Waals surface area contributed by atoms with Crippen molar-refractivity contribution in [3.63, 3.8) is 0 Å². The molecule has 1 aliphatic rings. The lowest BCUT2D eigenvalue weighted by molar-refractivity contribution is -0.137. The number of benzene rings is 1. The van der Waals surface area contributed by atoms with E-state index in [2.05, 4.69) is 5.32 Å². The molecule has 0 heterocycles. The van der Waals surface area contributed by atoms with Gasteiger partial charge >= 0.3 is 5.97 Å². The van der Waals surface area contributed by atoms with Crippen molar-refractivity contribution in [2.24, 2.45) is 5.92 Å². The van der Waals surface area contributed by atoms with Gasteiger partial charge in [0, 0.05) is 18.0 Å². The van der Waals surface area contributed by atoms with Gasteiger partial charge in [-0.3, -0.25) is 9.59 Å². The van der Waals surface area contributed by atoms with Crippen LogP contribution in [0.3, 0.4) is 0 Å². The minimum Gasteiger partial charge on any atom is -0.493 e. The molecule has 0 spiro atoms. The molecule has 0 aromatic heterocycles. The molecule has 7 heteroatoms. The monoisotopic (exact) mass is 393 g/mol. The van der Waals surface area contributed by atoms with Crippen LogP contribution in [0.5, 0.6) is 17.2 Å². The minimum atomic E-state index is -0.851. The van der Waals surface area contributed by atoms with E-state index < -0.39 is 5.97 Å². The first-order valence-corrected chi connectivity index (χ1v) is 9.81. The van der Waals surface area contributed by atoms with E-state index in [4.69, 9.17) is 19.3 Å². The summed E-state index contributed by atoms with van der Waals surface area (Å²) in [5.74, 6) is 0.642. The van der Waals surface area contributed by atoms with E-state index in [1.54, 1.807) is 12.1 Å². The summed E-state index contributed by atoms with van der Waals surface area (Å²) in [4.78, 5) is 23.9. The SMILES string of the molecule is COc1cc(C(=O)NC(CCC(=O)O)CC2CCCCC2)cc(OC)c1OC. The van der Waals surface area contributed by atoms with Gasteiger partial charge in [0.15, 0.2) is 11.5 Å². The Morgan fingerprint density at radius 3 is 2.18 bits per heavy atom. The Bertz CT molecular complexity index is 644. The maximum absolute atomic E-state index is 12.9. The van der Waals surface area contributed by atoms with Crippen LogP contribution in [0.1, 0.15) is 61.7 Å². The first-order valence-electron chi connectivity index (χ1n) is 9.81. The van der Waals surface area contributed by atoms with Crippen molar-refractivity contribution in [1.82, 2.24) is 5.32 Å². The Balaban J connectivity index is 2.15. The molecular formula is C21H31NO6. The first-order chi connectivity index (χ1) is 13.5. The van der Waals surface area contributed by atoms with Gasteiger partial charge in [0.05, 0.1) is 21.3 Å². The van der Waals surface area contributed by atoms with Gasteiger partial charge in [-0.25, -0.2) is 0 Å². The number of amides is 1. The molecule has 1 amide bonds. The van der Waals surface area contributed by atoms with E-state index >= 15 is 0 Å². The summed E-state index contributed by atoms with van der Waals surface area (Å²) in [5.41, 5.74) is 0.387. The molecule has 1 unspecified atom stereocenters. The third-order valence-electron chi connectivity index (χ3n) is 5.31. The van der Waals surface area contributed by atoms with Crippen LogP contribution in [0, 0.1) is 5.92 Å². The van der Waals surface area contributed by atoms with Crippen LogP contribution >= 0.6 is 0 Å². The standard InChI is InChI=1S/C21H31NO6/c1-26-17-12-15(13-18(27-2)20(17)28-3)21(25)22-16(9-10-19(23)24)11-14-7-5-4-6-8-14/h12-14,16H,4-11H2,1-3H3,(H,22,25)(H,23,24). The molecule has 1 aromatic rings. The molecule has 156 valence electrons. The van der Waals surface area contributed by atoms with Gasteiger partial charge in [0.1, 0.15) is 0 Å². The van der Waals surface area contributed by atoms with E-state index in [9.17, 15) is 9.59 Å². The smallest absolute Gasteiger partial charge is 0.303 e. The summed E-state index contributed by atoms with van der Waals surface area (Å²) in [6.07, 6.45) is 7.22. The molecule has 0 bridgehead atoms. The molecule has 0 radical (unpaired) electrons. The average Bonchev–Trinajstić information content (AvgIpc) is 2.71. The minimum absolute atomic E-state index is 0.0346. The number of carboxylic acid groups (broad SMARTS) is 1. The summed E-state index contributed by atoms with van der Waals surface area (Å²) in [7, 11) is 4.50. The normalized spacial score (nSPS) is 15.5. The van der Waals surface area contributed by atoms with E-state index in [-0.39, 0.29) is 18.4 Å². The zero-order valence-electron chi connectivity index (χ0n) is 17.0. The molecule has 1 aliphatic carbocycles. The third-order valence-corrected chi connectivity index (χ3v) is 5.31. The molecule has 7 nitrogen and oxygen atoms in total. The number of carboxylic acids is 1. The third kappa shape index (κ3) is 6.04. The highest BCUT2D eigenvalue weighted by molar-refractivity contribution is 5.95. The topological polar surface area (TPSA) is 94.1 Å². The van der Waals surface area contributed by atoms with Crippen LogP contribution in [0.4, 0.5) is 0 Å². The Hall–Kier alpha value is -2.44. The predicted molar refractivity (Wildman–Crippen MR) is 105 cm³/mol. The maximum atomic E-state index is 12.9. The van der Waals surface area contributed by atoms with E-state index in [0.29, 0.717) is 35.2 Å². The van der Waals surface area contributed by atoms with Crippen molar-refractivity contribution < 1.29 is 28.9 Å². The molecule has 2 N–H and O–H groups in total. The molecule has 0 saturated heterocycles. The largest absolute Gasteiger partial charge is 0.493 e. The molecule has 1 saturated carbocycles. The van der Waals surface area contributed by atoms with Gasteiger partial charge in [-0.05, 0) is 30.9 Å². The van der Waals surface area contributed by atoms with Gasteiger partial charge < -0.3 is 24.6 Å². The number of rotatable bonds is 10. The summed E-state index contributed by atoms with van der Waals surface area (Å²) in [5, 5.41) is 12.1. The molecule has 1 atom stereocenters. The van der Waals surface area contributed by atoms with Gasteiger partial charge in [-0.1, -0.05) is 32.1 Å². The van der Waals surface area contributed by atoms with Gasteiger partial charge in [-0.15, -0.1) is 0 Å². The number of carbonyl (C=O) groups is 2. The summed E-state index contributed by atoms with van der Waals surface area (Å²) >= 11 is 0. The van der Waals surface area contributed by atoms with Crippen LogP contribution in [-0.4, -0.2) is 44.4 Å². The lowest BCUT2D eigenvalue weighted by atomic mass is 9.84. The van der Waals surface area contributed by atoms with E-state index in [1.807, 2.05) is 0 Å². The summed E-state index contributed by atoms with van der Waals surface area (Å²) in [6.45, 7) is 0. The Kier molecular flexibility index (Phi) is 8.42. The first kappa shape index (κ1) is 21.9. The molecule has 1 fully saturated rings. The second-order valence-corrected chi connectivity index (χ2v) is 7.26. The second-order valence-electron chi connectivity index (χ2n) is 7.26. The average molecular weight is 393 g/mol. The number of carbonyl (C=O) groups excluding carboxylic acids is 1. The highest BCUT2D eigenvalue weighted by Gasteiger charge is 2.23. The zero-order chi connectivity index (χ0) is 20.5. The molecular weight excluding hydrogens is 362 g/mol. The molecule has 28 heavy (non-hydrogen) atoms. The fourth-order valence-electron chi connectivity index (χ4n) is 3.85. The number of aliphatic carboxylic acids is 1. The Labute approximate surface area is 166 Å². The van der Waals surface area contributed by atoms with Gasteiger partial charge in [-0.2, -0.15) is 0 Å². The van der Waals surface area contributed by atoms with Gasteiger partial charge in [0.2, 0.25) is 5.75 Å². The van der Waals surface area contributed by atoms with Crippen LogP contribution in [0.2, 0.25) is 0 Å². The van der Waals surface area contributed by atoms with Crippen molar-refractivity contribution in [3.8, 4) is 17.2 Å². The Morgan fingerprint density at radius 1 is 1.07 bits per heavy atom. The number of ether oxygens (including phenoxy) is 3. The number of hydrogen-bond acceptors (Lipinski definition) is 5. The number of nitrogens with one attached hydrogen (secondary N) is 1. The second kappa shape index (κ2) is 10.8. The van der Waals surface area contributed by atoms with E-state index in [0.717, 1.165) is 19.3 Å². The predicted octanol–water partition coefficient (Wildman–Crippen LogP) is 3.65. The van der Waals surface area contributed by atoms with E-state index in [1.165, 1.54) is 40.6 Å². The van der Waals surface area contributed by atoms with Crippen LogP contribution in [-0.2, 0) is 4.79 Å². The zero-order valence-corrected chi connectivity index (χ0v) is 17.0. The van der Waals surface area contributed by atoms with Crippen molar-refractivity contribution in [2.45, 2.75) is 57.4 Å². The van der Waals surface area contributed by atoms with Crippen molar-refractivity contribution in [2.75, 3.05) is 21.3 Å². The van der Waals surface area contributed by atoms with Crippen LogP contribution in [0.25, 0.3) is 0 Å². The molecule has 1 aromatic carbocycles. The highest BCUT2D eigenvalue weighted by atomic mass is 16.5. The lowest BCUT2D eigenvalue weighted by Crippen LogP contribution is -2.37. The quantitative estimate of drug-likeness (QED) is 0.630. The van der Waals surface area contributed by atoms with Crippen molar-refractivity contribution in [3.05, 3.63) is 17.7 Å². The highest BCUT2D eigenvalue weighted by Crippen LogP contribution is 2.38. The van der Waals surface area contributed by atoms with Gasteiger partial charge in [0.25, 0.3) is 5.91 Å². The van der Waals surface area contributed by atoms with Crippen molar-refractivity contribution >= 4 is 11.9 Å². The molecule has 0 aliphatic heterocycles. The van der Waals surface area contributed by atoms with Crippen LogP contribution in [0.15, 0.2) is 12.1 Å². The number of methoxy groups -OCH3 is 3. The lowest BCUT2D eigenvalue weighted by Gasteiger charge is -2.27. The summed E-state index contributed by atoms with van der Waals surface area (Å²) in [6, 6.07) is 3.03. The Morgan fingerprint density at radius 2 is 1.68 bits per heavy atom. The molecule has 2 rings (SSSR count).